The van der Waals surface area contributed by atoms with E-state index in [-0.39, 0.29) is 16.9 Å². The average Bonchev–Trinajstić information content (AvgIpc) is 3.70. The van der Waals surface area contributed by atoms with E-state index in [4.69, 9.17) is 29.7 Å². The number of aryl methyl sites for hydroxylation is 1. The van der Waals surface area contributed by atoms with Gasteiger partial charge >= 0.3 is 0 Å². The van der Waals surface area contributed by atoms with Gasteiger partial charge in [0.1, 0.15) is 17.2 Å². The highest BCUT2D eigenvalue weighted by Crippen LogP contribution is 2.46. The van der Waals surface area contributed by atoms with E-state index in [1.54, 1.807) is 24.0 Å². The number of hydrogen-bond donors (Lipinski definition) is 1. The number of methoxy groups -OCH3 is 1. The number of unbranched alkanes of at least 4 members (excludes halogenated alkanes) is 3. The van der Waals surface area contributed by atoms with E-state index >= 15 is 0 Å². The van der Waals surface area contributed by atoms with Gasteiger partial charge in [-0.05, 0) is 118 Å². The molecule has 10 nitrogen and oxygen atoms in total. The Bertz CT molecular complexity index is 2020. The van der Waals surface area contributed by atoms with Crippen molar-refractivity contribution in [1.82, 2.24) is 14.9 Å². The number of nitrogens with one attached hydrogen (secondary N) is 1. The molecule has 1 aromatic heterocycles. The molecule has 2 unspecified atom stereocenters. The number of carbonyl (C=O) groups is 1. The van der Waals surface area contributed by atoms with Crippen molar-refractivity contribution in [3.8, 4) is 22.9 Å². The summed E-state index contributed by atoms with van der Waals surface area (Å²) in [5.74, 6) is 2.69. The van der Waals surface area contributed by atoms with Gasteiger partial charge in [-0.3, -0.25) is 4.79 Å². The number of ether oxygens (including phenoxy) is 2. The van der Waals surface area contributed by atoms with Gasteiger partial charge in [-0.1, -0.05) is 60.8 Å². The van der Waals surface area contributed by atoms with Crippen LogP contribution in [0.3, 0.4) is 0 Å². The van der Waals surface area contributed by atoms with E-state index in [0.29, 0.717) is 35.4 Å². The maximum absolute atomic E-state index is 13.1. The first-order valence-corrected chi connectivity index (χ1v) is 19.5. The fourth-order valence-electron chi connectivity index (χ4n) is 7.55. The van der Waals surface area contributed by atoms with Crippen LogP contribution in [0.4, 0.5) is 17.1 Å². The van der Waals surface area contributed by atoms with Crippen LogP contribution in [0, 0.1) is 12.3 Å². The number of aromatic nitrogens is 3. The van der Waals surface area contributed by atoms with Crippen molar-refractivity contribution in [3.63, 3.8) is 0 Å². The van der Waals surface area contributed by atoms with E-state index in [2.05, 4.69) is 77.7 Å². The number of rotatable bonds is 13. The molecule has 3 aromatic carbocycles. The van der Waals surface area contributed by atoms with Gasteiger partial charge in [0.15, 0.2) is 11.9 Å². The van der Waals surface area contributed by atoms with Crippen molar-refractivity contribution in [2.45, 2.75) is 118 Å². The van der Waals surface area contributed by atoms with Crippen LogP contribution in [0.2, 0.25) is 0 Å². The topological polar surface area (TPSA) is 106 Å². The van der Waals surface area contributed by atoms with Gasteiger partial charge in [0, 0.05) is 34.4 Å². The highest BCUT2D eigenvalue weighted by Gasteiger charge is 2.38. The lowest BCUT2D eigenvalue weighted by molar-refractivity contribution is -0.122. The van der Waals surface area contributed by atoms with Gasteiger partial charge in [-0.25, -0.2) is 9.98 Å². The molecular weight excluding hydrogens is 675 g/mol. The fraction of sp³-hybridized carbons (Fsp3) is 0.477. The number of aliphatic imine (C=N–C) groups is 1. The quantitative estimate of drug-likeness (QED) is 0.137. The Balaban J connectivity index is 1.24. The molecule has 286 valence electrons. The number of amides is 1. The summed E-state index contributed by atoms with van der Waals surface area (Å²) >= 11 is 0. The lowest BCUT2D eigenvalue weighted by Crippen LogP contribution is -2.48. The van der Waals surface area contributed by atoms with Gasteiger partial charge in [0.25, 0.3) is 5.91 Å². The molecule has 0 saturated heterocycles. The van der Waals surface area contributed by atoms with Crippen molar-refractivity contribution in [2.75, 3.05) is 23.9 Å². The second kappa shape index (κ2) is 15.8. The summed E-state index contributed by atoms with van der Waals surface area (Å²) in [6.07, 6.45) is 5.95. The minimum atomic E-state index is -0.647. The standard InChI is InChI=1S/C44H57N7O3/c1-11-13-14-15-24-50-36-25-28(3)35(26-34(36)29(4)27-44(50,8)9)46-38-39(43(5,6)7)48-51-41(38)47-40(49-51)30-16-18-31(19-17-30)45-42(52)37(12-2)54-33-22-20-32(53-10)21-23-33/h16-23,25-26,29,37H,11-15,24,27H2,1-10H3,(H,45,52)/b46-38-. The lowest BCUT2D eigenvalue weighted by atomic mass is 9.79. The normalized spacial score (nSPS) is 17.5. The number of fused-ring (bicyclic) bond motifs is 2. The largest absolute Gasteiger partial charge is 0.497 e. The van der Waals surface area contributed by atoms with Crippen molar-refractivity contribution in [2.24, 2.45) is 15.5 Å². The first-order valence-electron chi connectivity index (χ1n) is 19.5. The van der Waals surface area contributed by atoms with Crippen molar-refractivity contribution < 1.29 is 14.3 Å². The van der Waals surface area contributed by atoms with Crippen molar-refractivity contribution in [1.29, 1.82) is 0 Å². The summed E-state index contributed by atoms with van der Waals surface area (Å²) < 4.78 is 11.2. The summed E-state index contributed by atoms with van der Waals surface area (Å²) in [4.78, 5) is 27.7. The number of anilines is 2. The first-order chi connectivity index (χ1) is 25.7. The molecule has 0 bridgehead atoms. The minimum Gasteiger partial charge on any atom is -0.497 e. The molecule has 54 heavy (non-hydrogen) atoms. The predicted octanol–water partition coefficient (Wildman–Crippen LogP) is 10.1. The lowest BCUT2D eigenvalue weighted by Gasteiger charge is -2.48. The molecule has 6 rings (SSSR count). The van der Waals surface area contributed by atoms with Crippen molar-refractivity contribution >= 4 is 34.4 Å². The zero-order valence-electron chi connectivity index (χ0n) is 33.8. The van der Waals surface area contributed by atoms with Gasteiger partial charge < -0.3 is 19.7 Å². The molecule has 0 saturated carbocycles. The summed E-state index contributed by atoms with van der Waals surface area (Å²) in [7, 11) is 1.61. The minimum absolute atomic E-state index is 0.0941. The van der Waals surface area contributed by atoms with Crippen LogP contribution in [-0.4, -0.2) is 57.5 Å². The highest BCUT2D eigenvalue weighted by atomic mass is 16.5. The molecular formula is C44H57N7O3. The Labute approximate surface area is 321 Å². The Kier molecular flexibility index (Phi) is 11.3. The third-order valence-electron chi connectivity index (χ3n) is 10.5. The monoisotopic (exact) mass is 731 g/mol. The molecule has 1 amide bonds. The molecule has 2 aliphatic heterocycles. The zero-order valence-corrected chi connectivity index (χ0v) is 33.8. The van der Waals surface area contributed by atoms with Gasteiger partial charge in [0.2, 0.25) is 5.82 Å². The molecule has 0 aliphatic carbocycles. The van der Waals surface area contributed by atoms with E-state index < -0.39 is 6.10 Å². The maximum atomic E-state index is 13.1. The third-order valence-corrected chi connectivity index (χ3v) is 10.5. The maximum Gasteiger partial charge on any atom is 0.265 e. The van der Waals surface area contributed by atoms with Crippen LogP contribution in [0.1, 0.15) is 117 Å². The summed E-state index contributed by atoms with van der Waals surface area (Å²) in [5.41, 5.74) is 7.66. The molecule has 3 heterocycles. The highest BCUT2D eigenvalue weighted by molar-refractivity contribution is 6.50. The first kappa shape index (κ1) is 38.7. The molecule has 0 spiro atoms. The van der Waals surface area contributed by atoms with E-state index in [0.717, 1.165) is 47.0 Å². The fourth-order valence-corrected chi connectivity index (χ4v) is 7.55. The van der Waals surface area contributed by atoms with Crippen LogP contribution >= 0.6 is 0 Å². The molecule has 10 heteroatoms. The molecule has 0 fully saturated rings. The second-order valence-electron chi connectivity index (χ2n) is 16.4. The Morgan fingerprint density at radius 2 is 1.72 bits per heavy atom. The smallest absolute Gasteiger partial charge is 0.265 e. The van der Waals surface area contributed by atoms with Crippen molar-refractivity contribution in [3.05, 3.63) is 77.6 Å². The molecule has 2 aliphatic rings. The van der Waals surface area contributed by atoms with E-state index in [9.17, 15) is 4.79 Å². The average molecular weight is 732 g/mol. The van der Waals surface area contributed by atoms with Crippen LogP contribution < -0.4 is 19.7 Å². The summed E-state index contributed by atoms with van der Waals surface area (Å²) in [5, 5.41) is 12.7. The Morgan fingerprint density at radius 1 is 1.02 bits per heavy atom. The Hall–Kier alpha value is -4.99. The van der Waals surface area contributed by atoms with Crippen LogP contribution in [-0.2, 0) is 4.79 Å². The van der Waals surface area contributed by atoms with Crippen LogP contribution in [0.25, 0.3) is 11.4 Å². The van der Waals surface area contributed by atoms with Crippen LogP contribution in [0.15, 0.2) is 70.8 Å². The third kappa shape index (κ3) is 8.22. The van der Waals surface area contributed by atoms with E-state index in [1.165, 1.54) is 36.9 Å². The molecule has 2 atom stereocenters. The second-order valence-corrected chi connectivity index (χ2v) is 16.4. The van der Waals surface area contributed by atoms with E-state index in [1.807, 2.05) is 43.3 Å². The van der Waals surface area contributed by atoms with Gasteiger partial charge in [-0.2, -0.15) is 5.10 Å². The number of nitrogens with zero attached hydrogens (tertiary/aromatic N) is 6. The molecule has 0 radical (unpaired) electrons. The zero-order chi connectivity index (χ0) is 38.8. The van der Waals surface area contributed by atoms with Gasteiger partial charge in [0.05, 0.1) is 18.5 Å². The van der Waals surface area contributed by atoms with Crippen LogP contribution in [0.5, 0.6) is 11.5 Å². The van der Waals surface area contributed by atoms with Gasteiger partial charge in [-0.15, -0.1) is 9.89 Å². The summed E-state index contributed by atoms with van der Waals surface area (Å²) in [6.45, 7) is 21.0. The Morgan fingerprint density at radius 3 is 2.37 bits per heavy atom. The number of carbonyl (C=O) groups excluding carboxylic acids is 1. The summed E-state index contributed by atoms with van der Waals surface area (Å²) in [6, 6.07) is 19.4. The number of hydrogen-bond acceptors (Lipinski definition) is 8. The molecule has 4 aromatic rings. The SMILES string of the molecule is CCCCCCN1c2cc(C)c(/N=C3/C(C(C)(C)C)=Nn4nc(-c5ccc(NC(=O)C(CC)Oc6ccc(OC)cc6)cc5)nc43)cc2C(C)CC1(C)C. The number of benzene rings is 3. The molecule has 1 N–H and O–H groups in total. The predicted molar refractivity (Wildman–Crippen MR) is 220 cm³/mol.